The number of hydrogen-bond acceptors (Lipinski definition) is 6. The van der Waals surface area contributed by atoms with Crippen LogP contribution in [0.15, 0.2) is 30.3 Å². The lowest BCUT2D eigenvalue weighted by atomic mass is 10.0. The number of ether oxygens (including phenoxy) is 1. The van der Waals surface area contributed by atoms with Crippen molar-refractivity contribution in [1.82, 2.24) is 5.32 Å². The highest BCUT2D eigenvalue weighted by molar-refractivity contribution is 5.97. The van der Waals surface area contributed by atoms with E-state index in [2.05, 4.69) is 10.1 Å². The monoisotopic (exact) mass is 322 g/mol. The maximum atomic E-state index is 12.0. The average Bonchev–Trinajstić information content (AvgIpc) is 2.54. The van der Waals surface area contributed by atoms with Crippen molar-refractivity contribution in [3.63, 3.8) is 0 Å². The molecule has 8 heteroatoms. The van der Waals surface area contributed by atoms with E-state index in [-0.39, 0.29) is 12.7 Å². The summed E-state index contributed by atoms with van der Waals surface area (Å²) in [5.74, 6) is -4.83. The predicted octanol–water partition coefficient (Wildman–Crippen LogP) is -0.886. The summed E-state index contributed by atoms with van der Waals surface area (Å²) in [7, 11) is 1.16. The van der Waals surface area contributed by atoms with Crippen molar-refractivity contribution in [2.75, 3.05) is 7.11 Å². The van der Waals surface area contributed by atoms with Crippen LogP contribution in [0.4, 0.5) is 0 Å². The Hall–Kier alpha value is -2.74. The third-order valence-corrected chi connectivity index (χ3v) is 3.21. The number of esters is 1. The number of rotatable bonds is 8. The lowest BCUT2D eigenvalue weighted by Gasteiger charge is -2.20. The van der Waals surface area contributed by atoms with E-state index in [1.807, 2.05) is 0 Å². The van der Waals surface area contributed by atoms with E-state index in [1.165, 1.54) is 0 Å². The number of nitrogens with two attached hydrogens (primary N) is 1. The van der Waals surface area contributed by atoms with E-state index in [0.29, 0.717) is 0 Å². The number of aliphatic carboxylic acids is 1. The molecule has 0 aliphatic carbocycles. The Labute approximate surface area is 132 Å². The van der Waals surface area contributed by atoms with Crippen molar-refractivity contribution in [2.24, 2.45) is 11.7 Å². The zero-order chi connectivity index (χ0) is 17.4. The summed E-state index contributed by atoms with van der Waals surface area (Å²) < 4.78 is 4.62. The fourth-order valence-electron chi connectivity index (χ4n) is 1.91. The molecule has 0 aliphatic heterocycles. The summed E-state index contributed by atoms with van der Waals surface area (Å²) in [4.78, 5) is 45.4. The summed E-state index contributed by atoms with van der Waals surface area (Å²) in [5.41, 5.74) is 6.25. The number of carbonyl (C=O) groups excluding carboxylic acids is 3. The van der Waals surface area contributed by atoms with Crippen molar-refractivity contribution >= 4 is 24.1 Å². The second-order valence-corrected chi connectivity index (χ2v) is 4.80. The van der Waals surface area contributed by atoms with Crippen LogP contribution < -0.4 is 11.1 Å². The molecule has 1 aromatic carbocycles. The first-order valence-electron chi connectivity index (χ1n) is 6.76. The van der Waals surface area contributed by atoms with Gasteiger partial charge >= 0.3 is 11.9 Å². The lowest BCUT2D eigenvalue weighted by Crippen LogP contribution is -2.53. The van der Waals surface area contributed by atoms with Crippen molar-refractivity contribution in [2.45, 2.75) is 18.5 Å². The van der Waals surface area contributed by atoms with Gasteiger partial charge in [0.05, 0.1) is 7.11 Å². The Balaban J connectivity index is 2.84. The molecule has 1 amide bonds. The number of nitrogens with one attached hydrogen (secondary N) is 1. The Morgan fingerprint density at radius 2 is 1.91 bits per heavy atom. The van der Waals surface area contributed by atoms with Gasteiger partial charge in [0.1, 0.15) is 24.3 Å². The number of benzene rings is 1. The Morgan fingerprint density at radius 1 is 1.30 bits per heavy atom. The average molecular weight is 322 g/mol. The molecule has 3 atom stereocenters. The minimum Gasteiger partial charge on any atom is -0.481 e. The summed E-state index contributed by atoms with van der Waals surface area (Å²) in [6.45, 7) is 0. The predicted molar refractivity (Wildman–Crippen MR) is 79.3 cm³/mol. The number of aldehydes is 1. The Kier molecular flexibility index (Phi) is 6.88. The van der Waals surface area contributed by atoms with Crippen LogP contribution in [0.2, 0.25) is 0 Å². The molecule has 4 N–H and O–H groups in total. The third kappa shape index (κ3) is 5.19. The SMILES string of the molecule is COC(=O)C(Cc1ccccc1)NC(=O)C(N)C(C=O)C(=O)O. The van der Waals surface area contributed by atoms with Crippen LogP contribution in [0, 0.1) is 5.92 Å². The maximum absolute atomic E-state index is 12.0. The number of carbonyl (C=O) groups is 4. The number of carboxylic acid groups (broad SMARTS) is 1. The smallest absolute Gasteiger partial charge is 0.328 e. The van der Waals surface area contributed by atoms with Gasteiger partial charge in [0.15, 0.2) is 0 Å². The molecular formula is C15H18N2O6. The molecule has 0 saturated carbocycles. The second-order valence-electron chi connectivity index (χ2n) is 4.80. The summed E-state index contributed by atoms with van der Waals surface area (Å²) in [6, 6.07) is 6.21. The minimum atomic E-state index is -1.69. The maximum Gasteiger partial charge on any atom is 0.328 e. The van der Waals surface area contributed by atoms with Gasteiger partial charge < -0.3 is 25.7 Å². The van der Waals surface area contributed by atoms with E-state index in [4.69, 9.17) is 10.8 Å². The molecule has 0 heterocycles. The Morgan fingerprint density at radius 3 is 2.39 bits per heavy atom. The fourth-order valence-corrected chi connectivity index (χ4v) is 1.91. The summed E-state index contributed by atoms with van der Waals surface area (Å²) in [5, 5.41) is 11.2. The Bertz CT molecular complexity index is 575. The van der Waals surface area contributed by atoms with E-state index in [9.17, 15) is 19.2 Å². The normalized spacial score (nSPS) is 14.2. The molecular weight excluding hydrogens is 304 g/mol. The molecule has 0 spiro atoms. The molecule has 0 saturated heterocycles. The molecule has 23 heavy (non-hydrogen) atoms. The van der Waals surface area contributed by atoms with Crippen LogP contribution in [0.1, 0.15) is 5.56 Å². The van der Waals surface area contributed by atoms with Crippen LogP contribution in [0.3, 0.4) is 0 Å². The highest BCUT2D eigenvalue weighted by atomic mass is 16.5. The van der Waals surface area contributed by atoms with Crippen LogP contribution in [-0.4, -0.2) is 48.4 Å². The first-order chi connectivity index (χ1) is 10.9. The van der Waals surface area contributed by atoms with Gasteiger partial charge in [-0.2, -0.15) is 0 Å². The topological polar surface area (TPSA) is 136 Å². The molecule has 1 aromatic rings. The fraction of sp³-hybridized carbons (Fsp3) is 0.333. The van der Waals surface area contributed by atoms with Crippen molar-refractivity contribution in [3.05, 3.63) is 35.9 Å². The van der Waals surface area contributed by atoms with Crippen molar-refractivity contribution in [3.8, 4) is 0 Å². The molecule has 0 aliphatic rings. The lowest BCUT2D eigenvalue weighted by molar-refractivity contribution is -0.148. The highest BCUT2D eigenvalue weighted by Gasteiger charge is 2.33. The number of hydrogen-bond donors (Lipinski definition) is 3. The van der Waals surface area contributed by atoms with Gasteiger partial charge in [0, 0.05) is 6.42 Å². The van der Waals surface area contributed by atoms with E-state index in [1.54, 1.807) is 30.3 Å². The quantitative estimate of drug-likeness (QED) is 0.321. The first-order valence-corrected chi connectivity index (χ1v) is 6.76. The van der Waals surface area contributed by atoms with Gasteiger partial charge in [0.25, 0.3) is 0 Å². The van der Waals surface area contributed by atoms with Gasteiger partial charge in [-0.25, -0.2) is 4.79 Å². The summed E-state index contributed by atoms with van der Waals surface area (Å²) >= 11 is 0. The molecule has 124 valence electrons. The van der Waals surface area contributed by atoms with Gasteiger partial charge in [-0.1, -0.05) is 30.3 Å². The zero-order valence-corrected chi connectivity index (χ0v) is 12.5. The van der Waals surface area contributed by atoms with Crippen molar-refractivity contribution in [1.29, 1.82) is 0 Å². The molecule has 0 aromatic heterocycles. The number of methoxy groups -OCH3 is 1. The number of amides is 1. The van der Waals surface area contributed by atoms with Crippen LogP contribution in [0.5, 0.6) is 0 Å². The minimum absolute atomic E-state index is 0.0803. The molecule has 8 nitrogen and oxygen atoms in total. The van der Waals surface area contributed by atoms with Gasteiger partial charge in [-0.3, -0.25) is 9.59 Å². The summed E-state index contributed by atoms with van der Waals surface area (Å²) in [6.07, 6.45) is 0.224. The molecule has 0 radical (unpaired) electrons. The standard InChI is InChI=1S/C15H18N2O6/c1-23-15(22)11(7-9-5-3-2-4-6-9)17-13(19)12(16)10(8-18)14(20)21/h2-6,8,10-12H,7,16H2,1H3,(H,17,19)(H,20,21). The molecule has 0 fully saturated rings. The second kappa shape index (κ2) is 8.64. The first kappa shape index (κ1) is 18.3. The van der Waals surface area contributed by atoms with Crippen molar-refractivity contribution < 1.29 is 29.0 Å². The largest absolute Gasteiger partial charge is 0.481 e. The van der Waals surface area contributed by atoms with Crippen LogP contribution in [0.25, 0.3) is 0 Å². The van der Waals surface area contributed by atoms with E-state index >= 15 is 0 Å². The van der Waals surface area contributed by atoms with Gasteiger partial charge in [-0.15, -0.1) is 0 Å². The highest BCUT2D eigenvalue weighted by Crippen LogP contribution is 2.06. The van der Waals surface area contributed by atoms with E-state index in [0.717, 1.165) is 12.7 Å². The van der Waals surface area contributed by atoms with Gasteiger partial charge in [-0.05, 0) is 5.56 Å². The zero-order valence-electron chi connectivity index (χ0n) is 12.5. The molecule has 1 rings (SSSR count). The molecule has 0 bridgehead atoms. The van der Waals surface area contributed by atoms with Gasteiger partial charge in [0.2, 0.25) is 5.91 Å². The van der Waals surface area contributed by atoms with Crippen LogP contribution >= 0.6 is 0 Å². The van der Waals surface area contributed by atoms with Crippen LogP contribution in [-0.2, 0) is 30.3 Å². The van der Waals surface area contributed by atoms with E-state index < -0.39 is 35.8 Å². The third-order valence-electron chi connectivity index (χ3n) is 3.21. The number of carboxylic acids is 1. The molecule has 3 unspecified atom stereocenters.